The molecule has 0 aliphatic heterocycles. The van der Waals surface area contributed by atoms with Crippen molar-refractivity contribution in [1.82, 2.24) is 29.5 Å². The third kappa shape index (κ3) is 3.56. The fraction of sp³-hybridized carbons (Fsp3) is 0.130. The van der Waals surface area contributed by atoms with E-state index in [1.807, 2.05) is 19.1 Å². The zero-order valence-corrected chi connectivity index (χ0v) is 18.3. The van der Waals surface area contributed by atoms with E-state index in [2.05, 4.69) is 25.4 Å². The predicted molar refractivity (Wildman–Crippen MR) is 125 cm³/mol. The number of halogens is 2. The second-order valence-corrected chi connectivity index (χ2v) is 7.75. The molecule has 0 atom stereocenters. The number of hydrogen-bond acceptors (Lipinski definition) is 6. The lowest BCUT2D eigenvalue weighted by Crippen LogP contribution is -2.26. The quantitative estimate of drug-likeness (QED) is 0.364. The van der Waals surface area contributed by atoms with Crippen molar-refractivity contribution in [2.24, 2.45) is 0 Å². The molecule has 34 heavy (non-hydrogen) atoms. The van der Waals surface area contributed by atoms with E-state index in [1.54, 1.807) is 34.8 Å². The molecule has 0 aliphatic rings. The van der Waals surface area contributed by atoms with Crippen LogP contribution in [0.3, 0.4) is 0 Å². The number of H-pyrrole nitrogens is 1. The molecular weight excluding hydrogens is 442 g/mol. The first kappa shape index (κ1) is 21.3. The molecule has 5 rings (SSSR count). The number of imidazole rings is 1. The molecule has 11 heteroatoms. The number of benzene rings is 2. The number of nitrogen functional groups attached to an aromatic ring is 1. The summed E-state index contributed by atoms with van der Waals surface area (Å²) in [5.41, 5.74) is 9.41. The van der Waals surface area contributed by atoms with Crippen molar-refractivity contribution in [3.05, 3.63) is 66.1 Å². The summed E-state index contributed by atoms with van der Waals surface area (Å²) in [5, 5.41) is 7.24. The maximum Gasteiger partial charge on any atom is 0.255 e. The van der Waals surface area contributed by atoms with E-state index in [-0.39, 0.29) is 28.7 Å². The number of nitrogens with one attached hydrogen (secondary N) is 2. The Bertz CT molecular complexity index is 1540. The molecule has 0 spiro atoms. The Labute approximate surface area is 192 Å². The van der Waals surface area contributed by atoms with Crippen LogP contribution in [0.4, 0.5) is 26.2 Å². The van der Waals surface area contributed by atoms with E-state index >= 15 is 0 Å². The molecule has 0 aliphatic carbocycles. The number of hydrogen-bond donors (Lipinski definition) is 3. The minimum absolute atomic E-state index is 0.0412. The minimum atomic E-state index is -0.746. The van der Waals surface area contributed by atoms with Gasteiger partial charge in [-0.15, -0.1) is 0 Å². The van der Waals surface area contributed by atoms with Gasteiger partial charge in [0.05, 0.1) is 11.1 Å². The summed E-state index contributed by atoms with van der Waals surface area (Å²) in [5.74, 6) is -1.08. The first-order valence-electron chi connectivity index (χ1n) is 10.4. The average molecular weight is 462 g/mol. The molecule has 0 fully saturated rings. The monoisotopic (exact) mass is 462 g/mol. The Morgan fingerprint density at radius 1 is 1.24 bits per heavy atom. The Hall–Kier alpha value is -4.54. The summed E-state index contributed by atoms with van der Waals surface area (Å²) in [6.45, 7) is 2.43. The van der Waals surface area contributed by atoms with E-state index in [4.69, 9.17) is 5.73 Å². The van der Waals surface area contributed by atoms with Gasteiger partial charge in [-0.05, 0) is 30.7 Å². The van der Waals surface area contributed by atoms with E-state index in [1.165, 1.54) is 12.4 Å². The zero-order chi connectivity index (χ0) is 24.0. The lowest BCUT2D eigenvalue weighted by molar-refractivity contribution is 0.0803. The third-order valence-corrected chi connectivity index (χ3v) is 5.59. The Balaban J connectivity index is 1.53. The predicted octanol–water partition coefficient (Wildman–Crippen LogP) is 3.97. The van der Waals surface area contributed by atoms with Crippen molar-refractivity contribution in [3.63, 3.8) is 0 Å². The number of fused-ring (bicyclic) bond motifs is 2. The Morgan fingerprint density at radius 2 is 2.00 bits per heavy atom. The van der Waals surface area contributed by atoms with Crippen molar-refractivity contribution in [3.8, 4) is 11.1 Å². The van der Waals surface area contributed by atoms with Crippen molar-refractivity contribution < 1.29 is 13.6 Å². The summed E-state index contributed by atoms with van der Waals surface area (Å²) in [6.07, 6.45) is 2.98. The highest BCUT2D eigenvalue weighted by Crippen LogP contribution is 2.34. The van der Waals surface area contributed by atoms with Crippen LogP contribution in [0.5, 0.6) is 0 Å². The highest BCUT2D eigenvalue weighted by molar-refractivity contribution is 6.07. The smallest absolute Gasteiger partial charge is 0.255 e. The van der Waals surface area contributed by atoms with E-state index in [9.17, 15) is 13.6 Å². The number of anilines is 3. The summed E-state index contributed by atoms with van der Waals surface area (Å²) in [6, 6.07) is 9.15. The van der Waals surface area contributed by atoms with Gasteiger partial charge in [0.25, 0.3) is 5.91 Å². The van der Waals surface area contributed by atoms with Gasteiger partial charge < -0.3 is 20.9 Å². The summed E-state index contributed by atoms with van der Waals surface area (Å²) in [4.78, 5) is 25.7. The molecule has 0 saturated heterocycles. The first-order chi connectivity index (χ1) is 16.4. The topological polar surface area (TPSA) is 117 Å². The van der Waals surface area contributed by atoms with E-state index in [0.29, 0.717) is 28.9 Å². The zero-order valence-electron chi connectivity index (χ0n) is 18.3. The maximum absolute atomic E-state index is 14.0. The van der Waals surface area contributed by atoms with Crippen molar-refractivity contribution in [2.75, 3.05) is 24.6 Å². The molecule has 3 heterocycles. The van der Waals surface area contributed by atoms with Gasteiger partial charge >= 0.3 is 0 Å². The SMILES string of the molecule is CCN(C)C(=O)c1cn2ncnc(N)c2c1-c1ccc(Nc2nc3c(F)cc(F)cc3[nH]2)cc1. The van der Waals surface area contributed by atoms with Crippen LogP contribution in [0.2, 0.25) is 0 Å². The van der Waals surface area contributed by atoms with Crippen LogP contribution in [0, 0.1) is 11.6 Å². The van der Waals surface area contributed by atoms with Crippen molar-refractivity contribution in [1.29, 1.82) is 0 Å². The van der Waals surface area contributed by atoms with Gasteiger partial charge in [-0.2, -0.15) is 5.10 Å². The fourth-order valence-corrected chi connectivity index (χ4v) is 3.80. The minimum Gasteiger partial charge on any atom is -0.382 e. The fourth-order valence-electron chi connectivity index (χ4n) is 3.80. The maximum atomic E-state index is 14.0. The molecule has 0 radical (unpaired) electrons. The number of rotatable bonds is 5. The molecular formula is C23H20F2N8O. The normalized spacial score (nSPS) is 11.3. The van der Waals surface area contributed by atoms with E-state index in [0.717, 1.165) is 11.6 Å². The van der Waals surface area contributed by atoms with Gasteiger partial charge in [-0.1, -0.05) is 12.1 Å². The molecule has 9 nitrogen and oxygen atoms in total. The number of amides is 1. The molecule has 0 saturated carbocycles. The standard InChI is InChI=1S/C23H20F2N8O/c1-3-32(2)22(34)15-10-33-20(21(26)27-11-28-33)18(15)12-4-6-14(7-5-12)29-23-30-17-9-13(24)8-16(25)19(17)31-23/h4-11H,3H2,1-2H3,(H2,26,27,28)(H2,29,30,31). The summed E-state index contributed by atoms with van der Waals surface area (Å²) < 4.78 is 29.0. The molecule has 172 valence electrons. The third-order valence-electron chi connectivity index (χ3n) is 5.59. The van der Waals surface area contributed by atoms with Crippen LogP contribution < -0.4 is 11.1 Å². The van der Waals surface area contributed by atoms with Crippen molar-refractivity contribution >= 4 is 39.9 Å². The number of aromatic nitrogens is 5. The van der Waals surface area contributed by atoms with Crippen LogP contribution in [0.1, 0.15) is 17.3 Å². The first-order valence-corrected chi connectivity index (χ1v) is 10.4. The van der Waals surface area contributed by atoms with Gasteiger partial charge in [0.1, 0.15) is 23.2 Å². The highest BCUT2D eigenvalue weighted by Gasteiger charge is 2.23. The van der Waals surface area contributed by atoms with Gasteiger partial charge in [0.2, 0.25) is 5.95 Å². The molecule has 4 N–H and O–H groups in total. The molecule has 3 aromatic heterocycles. The number of aromatic amines is 1. The van der Waals surface area contributed by atoms with E-state index < -0.39 is 11.6 Å². The second kappa shape index (κ2) is 8.10. The number of carbonyl (C=O) groups excluding carboxylic acids is 1. The molecule has 1 amide bonds. The van der Waals surface area contributed by atoms with Gasteiger partial charge in [0, 0.05) is 37.1 Å². The van der Waals surface area contributed by atoms with Crippen LogP contribution in [-0.4, -0.2) is 49.0 Å². The van der Waals surface area contributed by atoms with Crippen LogP contribution in [0.25, 0.3) is 27.7 Å². The largest absolute Gasteiger partial charge is 0.382 e. The second-order valence-electron chi connectivity index (χ2n) is 7.75. The number of nitrogens with zero attached hydrogens (tertiary/aromatic N) is 5. The summed E-state index contributed by atoms with van der Waals surface area (Å²) >= 11 is 0. The van der Waals surface area contributed by atoms with Crippen LogP contribution >= 0.6 is 0 Å². The number of carbonyl (C=O) groups is 1. The van der Waals surface area contributed by atoms with Gasteiger partial charge in [-0.25, -0.2) is 23.3 Å². The lowest BCUT2D eigenvalue weighted by atomic mass is 10.0. The Kier molecular flexibility index (Phi) is 5.08. The molecule has 0 unspecified atom stereocenters. The Morgan fingerprint density at radius 3 is 2.74 bits per heavy atom. The molecule has 0 bridgehead atoms. The molecule has 2 aromatic carbocycles. The highest BCUT2D eigenvalue weighted by atomic mass is 19.1. The van der Waals surface area contributed by atoms with Crippen LogP contribution in [0.15, 0.2) is 48.9 Å². The number of nitrogens with two attached hydrogens (primary N) is 1. The van der Waals surface area contributed by atoms with Crippen molar-refractivity contribution in [2.45, 2.75) is 6.92 Å². The lowest BCUT2D eigenvalue weighted by Gasteiger charge is -2.15. The van der Waals surface area contributed by atoms with Crippen LogP contribution in [-0.2, 0) is 0 Å². The van der Waals surface area contributed by atoms with Gasteiger partial charge in [-0.3, -0.25) is 4.79 Å². The average Bonchev–Trinajstić information content (AvgIpc) is 3.41. The van der Waals surface area contributed by atoms with Gasteiger partial charge in [0.15, 0.2) is 11.6 Å². The summed E-state index contributed by atoms with van der Waals surface area (Å²) in [7, 11) is 1.72. The molecule has 5 aromatic rings.